The second-order valence-electron chi connectivity index (χ2n) is 4.69. The lowest BCUT2D eigenvalue weighted by Crippen LogP contribution is -2.08. The summed E-state index contributed by atoms with van der Waals surface area (Å²) >= 11 is 0.452. The van der Waals surface area contributed by atoms with Crippen LogP contribution in [0.2, 0.25) is 0 Å². The summed E-state index contributed by atoms with van der Waals surface area (Å²) in [6.45, 7) is -0.0742. The molecule has 0 fully saturated rings. The summed E-state index contributed by atoms with van der Waals surface area (Å²) in [6.07, 6.45) is -3.28. The van der Waals surface area contributed by atoms with Crippen LogP contribution in [0.3, 0.4) is 0 Å². The number of nitrogens with zero attached hydrogens (tertiary/aromatic N) is 1. The molecule has 2 aromatic rings. The van der Waals surface area contributed by atoms with Gasteiger partial charge < -0.3 is 14.2 Å². The summed E-state index contributed by atoms with van der Waals surface area (Å²) in [4.78, 5) is 15.3. The van der Waals surface area contributed by atoms with Crippen LogP contribution in [0.1, 0.15) is 16.1 Å². The molecule has 0 aliphatic carbocycles. The standard InChI is InChI=1S/C16H14F3NO4S/c1-22-8-12(14(21)23-2)11-6-4-3-5-10(11)7-24-13-9-25-15(20-13)16(17,18)19/h3-6,8-9H,7H2,1-2H3. The number of halogens is 3. The summed E-state index contributed by atoms with van der Waals surface area (Å²) in [5.41, 5.74) is 1.22. The van der Waals surface area contributed by atoms with E-state index >= 15 is 0 Å². The fourth-order valence-electron chi connectivity index (χ4n) is 1.97. The van der Waals surface area contributed by atoms with E-state index in [1.165, 1.54) is 25.9 Å². The molecular weight excluding hydrogens is 359 g/mol. The number of aromatic nitrogens is 1. The zero-order valence-corrected chi connectivity index (χ0v) is 14.1. The van der Waals surface area contributed by atoms with E-state index in [1.807, 2.05) is 0 Å². The van der Waals surface area contributed by atoms with Crippen LogP contribution in [0.5, 0.6) is 5.88 Å². The molecule has 0 saturated carbocycles. The van der Waals surface area contributed by atoms with Gasteiger partial charge in [-0.1, -0.05) is 24.3 Å². The highest BCUT2D eigenvalue weighted by molar-refractivity contribution is 7.09. The first kappa shape index (κ1) is 18.8. The molecule has 25 heavy (non-hydrogen) atoms. The summed E-state index contributed by atoms with van der Waals surface area (Å²) < 4.78 is 52.6. The summed E-state index contributed by atoms with van der Waals surface area (Å²) in [6, 6.07) is 6.75. The molecule has 0 aliphatic rings. The molecule has 0 unspecified atom stereocenters. The number of hydrogen-bond donors (Lipinski definition) is 0. The lowest BCUT2D eigenvalue weighted by molar-refractivity contribution is -0.138. The predicted octanol–water partition coefficient (Wildman–Crippen LogP) is 3.90. The molecule has 0 spiro atoms. The van der Waals surface area contributed by atoms with Crippen LogP contribution in [0, 0.1) is 0 Å². The highest BCUT2D eigenvalue weighted by Gasteiger charge is 2.34. The van der Waals surface area contributed by atoms with Gasteiger partial charge in [0.1, 0.15) is 12.2 Å². The number of esters is 1. The molecule has 0 bridgehead atoms. The van der Waals surface area contributed by atoms with Gasteiger partial charge in [-0.25, -0.2) is 4.79 Å². The highest BCUT2D eigenvalue weighted by Crippen LogP contribution is 2.33. The van der Waals surface area contributed by atoms with E-state index in [-0.39, 0.29) is 18.1 Å². The molecular formula is C16H14F3NO4S. The molecule has 5 nitrogen and oxygen atoms in total. The topological polar surface area (TPSA) is 57.7 Å². The lowest BCUT2D eigenvalue weighted by atomic mass is 10.0. The van der Waals surface area contributed by atoms with Gasteiger partial charge in [0.15, 0.2) is 0 Å². The Balaban J connectivity index is 2.22. The number of carbonyl (C=O) groups excluding carboxylic acids is 1. The summed E-state index contributed by atoms with van der Waals surface area (Å²) in [5.74, 6) is -0.746. The van der Waals surface area contributed by atoms with Gasteiger partial charge in [-0.3, -0.25) is 0 Å². The van der Waals surface area contributed by atoms with Crippen LogP contribution in [0.15, 0.2) is 35.9 Å². The fourth-order valence-corrected chi connectivity index (χ4v) is 2.57. The maximum Gasteiger partial charge on any atom is 0.443 e. The van der Waals surface area contributed by atoms with Crippen LogP contribution < -0.4 is 4.74 Å². The number of alkyl halides is 3. The average Bonchev–Trinajstić information content (AvgIpc) is 3.07. The van der Waals surface area contributed by atoms with E-state index in [2.05, 4.69) is 4.98 Å². The Morgan fingerprint density at radius 3 is 2.60 bits per heavy atom. The largest absolute Gasteiger partial charge is 0.503 e. The van der Waals surface area contributed by atoms with E-state index in [9.17, 15) is 18.0 Å². The molecule has 134 valence electrons. The first-order valence-corrected chi connectivity index (χ1v) is 7.80. The number of benzene rings is 1. The van der Waals surface area contributed by atoms with Crippen molar-refractivity contribution >= 4 is 22.9 Å². The van der Waals surface area contributed by atoms with E-state index in [0.29, 0.717) is 22.5 Å². The third kappa shape index (κ3) is 4.72. The molecule has 1 aromatic carbocycles. The molecule has 1 heterocycles. The maximum absolute atomic E-state index is 12.6. The highest BCUT2D eigenvalue weighted by atomic mass is 32.1. The van der Waals surface area contributed by atoms with Crippen LogP contribution in [-0.4, -0.2) is 25.2 Å². The van der Waals surface area contributed by atoms with E-state index in [1.54, 1.807) is 24.3 Å². The van der Waals surface area contributed by atoms with Crippen LogP contribution in [0.25, 0.3) is 5.57 Å². The van der Waals surface area contributed by atoms with Gasteiger partial charge in [0.2, 0.25) is 10.9 Å². The lowest BCUT2D eigenvalue weighted by Gasteiger charge is -2.11. The van der Waals surface area contributed by atoms with Crippen molar-refractivity contribution < 1.29 is 32.2 Å². The quantitative estimate of drug-likeness (QED) is 0.437. The number of hydrogen-bond acceptors (Lipinski definition) is 6. The van der Waals surface area contributed by atoms with Crippen LogP contribution in [-0.2, 0) is 27.1 Å². The maximum atomic E-state index is 12.6. The van der Waals surface area contributed by atoms with Gasteiger partial charge in [-0.05, 0) is 11.1 Å². The molecule has 0 N–H and O–H groups in total. The average molecular weight is 373 g/mol. The Morgan fingerprint density at radius 1 is 1.28 bits per heavy atom. The normalized spacial score (nSPS) is 12.0. The van der Waals surface area contributed by atoms with Gasteiger partial charge in [0.25, 0.3) is 0 Å². The van der Waals surface area contributed by atoms with Gasteiger partial charge in [0, 0.05) is 0 Å². The smallest absolute Gasteiger partial charge is 0.443 e. The third-order valence-electron chi connectivity index (χ3n) is 3.05. The molecule has 9 heteroatoms. The van der Waals surface area contributed by atoms with Crippen molar-refractivity contribution in [3.8, 4) is 5.88 Å². The summed E-state index contributed by atoms with van der Waals surface area (Å²) in [5, 5.41) is 0.197. The van der Waals surface area contributed by atoms with E-state index < -0.39 is 17.2 Å². The number of carbonyl (C=O) groups is 1. The monoisotopic (exact) mass is 373 g/mol. The van der Waals surface area contributed by atoms with Crippen molar-refractivity contribution in [2.24, 2.45) is 0 Å². The summed E-state index contributed by atoms with van der Waals surface area (Å²) in [7, 11) is 2.62. The molecule has 0 saturated heterocycles. The van der Waals surface area contributed by atoms with Gasteiger partial charge in [-0.2, -0.15) is 18.2 Å². The van der Waals surface area contributed by atoms with Crippen LogP contribution >= 0.6 is 11.3 Å². The molecule has 0 atom stereocenters. The zero-order valence-electron chi connectivity index (χ0n) is 13.3. The van der Waals surface area contributed by atoms with Gasteiger partial charge in [-0.15, -0.1) is 11.3 Å². The van der Waals surface area contributed by atoms with Gasteiger partial charge >= 0.3 is 12.1 Å². The first-order chi connectivity index (χ1) is 11.9. The van der Waals surface area contributed by atoms with E-state index in [4.69, 9.17) is 14.2 Å². The van der Waals surface area contributed by atoms with E-state index in [0.717, 1.165) is 0 Å². The Morgan fingerprint density at radius 2 is 2.00 bits per heavy atom. The minimum atomic E-state index is -4.51. The van der Waals surface area contributed by atoms with Crippen molar-refractivity contribution in [2.45, 2.75) is 12.8 Å². The van der Waals surface area contributed by atoms with Crippen LogP contribution in [0.4, 0.5) is 13.2 Å². The SMILES string of the molecule is COC=C(C(=O)OC)c1ccccc1COc1csc(C(F)(F)F)n1. The molecule has 2 rings (SSSR count). The molecule has 0 radical (unpaired) electrons. The van der Waals surface area contributed by atoms with Crippen molar-refractivity contribution in [3.05, 3.63) is 52.0 Å². The number of ether oxygens (including phenoxy) is 3. The van der Waals surface area contributed by atoms with Gasteiger partial charge in [0.05, 0.1) is 25.9 Å². The third-order valence-corrected chi connectivity index (χ3v) is 3.92. The number of thiazole rings is 1. The Kier molecular flexibility index (Phi) is 6.02. The zero-order chi connectivity index (χ0) is 18.4. The van der Waals surface area contributed by atoms with Crippen molar-refractivity contribution in [1.29, 1.82) is 0 Å². The Labute approximate surface area is 145 Å². The van der Waals surface area contributed by atoms with Crippen molar-refractivity contribution in [1.82, 2.24) is 4.98 Å². The minimum absolute atomic E-state index is 0.0742. The first-order valence-electron chi connectivity index (χ1n) is 6.92. The number of methoxy groups -OCH3 is 2. The van der Waals surface area contributed by atoms with Crippen molar-refractivity contribution in [2.75, 3.05) is 14.2 Å². The second kappa shape index (κ2) is 8.02. The second-order valence-corrected chi connectivity index (χ2v) is 5.55. The van der Waals surface area contributed by atoms with Crippen molar-refractivity contribution in [3.63, 3.8) is 0 Å². The Hall–Kier alpha value is -2.55. The molecule has 1 aromatic heterocycles. The predicted molar refractivity (Wildman–Crippen MR) is 84.9 cm³/mol. The molecule has 0 amide bonds. The Bertz CT molecular complexity index is 771. The molecule has 0 aliphatic heterocycles. The number of rotatable bonds is 6. The fraction of sp³-hybridized carbons (Fsp3) is 0.250. The minimum Gasteiger partial charge on any atom is -0.503 e.